The molecule has 4 rings (SSSR count). The van der Waals surface area contributed by atoms with Crippen LogP contribution in [0, 0.1) is 0 Å². The van der Waals surface area contributed by atoms with Crippen molar-refractivity contribution >= 4 is 35.4 Å². The molecule has 204 valence electrons. The first-order valence-electron chi connectivity index (χ1n) is 12.6. The Morgan fingerprint density at radius 2 is 1.72 bits per heavy atom. The molecule has 2 aromatic carbocycles. The minimum atomic E-state index is -1.39. The van der Waals surface area contributed by atoms with Crippen molar-refractivity contribution in [3.8, 4) is 0 Å². The van der Waals surface area contributed by atoms with Gasteiger partial charge in [0.25, 0.3) is 5.78 Å². The number of esters is 1. The van der Waals surface area contributed by atoms with Gasteiger partial charge in [-0.15, -0.1) is 0 Å². The molecule has 2 aromatic rings. The van der Waals surface area contributed by atoms with Crippen molar-refractivity contribution in [1.29, 1.82) is 0 Å². The van der Waals surface area contributed by atoms with Gasteiger partial charge in [0.2, 0.25) is 23.6 Å². The largest absolute Gasteiger partial charge is 0.463 e. The number of carbonyl (C=O) groups is 6. The Hall–Kier alpha value is -4.54. The van der Waals surface area contributed by atoms with Gasteiger partial charge in [-0.25, -0.2) is 4.79 Å². The van der Waals surface area contributed by atoms with Crippen LogP contribution in [-0.4, -0.2) is 77.5 Å². The number of carbonyl (C=O) groups excluding carboxylic acids is 6. The zero-order valence-corrected chi connectivity index (χ0v) is 21.5. The SMILES string of the molecule is COC(=O)C(=O)C(NC(=O)C1CCC2CN(C(=O)CCc3ccccc3)CC(=O)N21)c1ccc(C(N)=O)cc1. The van der Waals surface area contributed by atoms with E-state index in [1.165, 1.54) is 34.1 Å². The Kier molecular flexibility index (Phi) is 8.38. The second kappa shape index (κ2) is 11.9. The summed E-state index contributed by atoms with van der Waals surface area (Å²) in [4.78, 5) is 78.5. The first kappa shape index (κ1) is 27.5. The molecule has 3 atom stereocenters. The Balaban J connectivity index is 1.43. The molecule has 4 amide bonds. The van der Waals surface area contributed by atoms with E-state index in [1.807, 2.05) is 30.3 Å². The van der Waals surface area contributed by atoms with Gasteiger partial charge in [0.1, 0.15) is 12.1 Å². The number of benzene rings is 2. The van der Waals surface area contributed by atoms with Gasteiger partial charge in [-0.05, 0) is 42.5 Å². The number of hydrogen-bond acceptors (Lipinski definition) is 7. The molecule has 11 nitrogen and oxygen atoms in total. The van der Waals surface area contributed by atoms with E-state index < -0.39 is 35.7 Å². The average Bonchev–Trinajstić information content (AvgIpc) is 3.39. The summed E-state index contributed by atoms with van der Waals surface area (Å²) in [6.07, 6.45) is 1.70. The Morgan fingerprint density at radius 1 is 1.03 bits per heavy atom. The maximum Gasteiger partial charge on any atom is 0.376 e. The van der Waals surface area contributed by atoms with Crippen molar-refractivity contribution in [3.63, 3.8) is 0 Å². The molecule has 0 radical (unpaired) electrons. The zero-order valence-electron chi connectivity index (χ0n) is 21.5. The van der Waals surface area contributed by atoms with E-state index in [1.54, 1.807) is 0 Å². The molecule has 39 heavy (non-hydrogen) atoms. The number of aryl methyl sites for hydroxylation is 1. The average molecular weight is 535 g/mol. The molecular weight excluding hydrogens is 504 g/mol. The van der Waals surface area contributed by atoms with Crippen LogP contribution in [0.15, 0.2) is 54.6 Å². The molecule has 0 saturated carbocycles. The summed E-state index contributed by atoms with van der Waals surface area (Å²) in [6.45, 7) is 0.190. The van der Waals surface area contributed by atoms with Crippen LogP contribution in [0.3, 0.4) is 0 Å². The van der Waals surface area contributed by atoms with Crippen molar-refractivity contribution in [2.45, 2.75) is 43.8 Å². The zero-order chi connectivity index (χ0) is 28.1. The molecule has 11 heteroatoms. The molecule has 0 aliphatic carbocycles. The number of fused-ring (bicyclic) bond motifs is 1. The fourth-order valence-electron chi connectivity index (χ4n) is 5.10. The van der Waals surface area contributed by atoms with Crippen LogP contribution in [0.4, 0.5) is 0 Å². The summed E-state index contributed by atoms with van der Waals surface area (Å²) >= 11 is 0. The molecular formula is C28H30N4O7. The third-order valence-corrected chi connectivity index (χ3v) is 7.14. The number of ketones is 1. The van der Waals surface area contributed by atoms with E-state index in [9.17, 15) is 28.8 Å². The molecule has 0 bridgehead atoms. The third-order valence-electron chi connectivity index (χ3n) is 7.14. The maximum absolute atomic E-state index is 13.3. The molecule has 0 aromatic heterocycles. The van der Waals surface area contributed by atoms with Gasteiger partial charge in [0.15, 0.2) is 0 Å². The van der Waals surface area contributed by atoms with E-state index >= 15 is 0 Å². The molecule has 3 N–H and O–H groups in total. The quantitative estimate of drug-likeness (QED) is 0.351. The van der Waals surface area contributed by atoms with Crippen molar-refractivity contribution in [2.75, 3.05) is 20.2 Å². The van der Waals surface area contributed by atoms with Gasteiger partial charge in [0.05, 0.1) is 19.7 Å². The first-order valence-corrected chi connectivity index (χ1v) is 12.6. The van der Waals surface area contributed by atoms with Crippen molar-refractivity contribution in [3.05, 3.63) is 71.3 Å². The van der Waals surface area contributed by atoms with Gasteiger partial charge in [-0.3, -0.25) is 24.0 Å². The third kappa shape index (κ3) is 6.14. The number of nitrogens with one attached hydrogen (secondary N) is 1. The van der Waals surface area contributed by atoms with Gasteiger partial charge < -0.3 is 25.6 Å². The van der Waals surface area contributed by atoms with Crippen molar-refractivity contribution in [2.24, 2.45) is 5.73 Å². The van der Waals surface area contributed by atoms with E-state index in [0.717, 1.165) is 12.7 Å². The molecule has 2 heterocycles. The lowest BCUT2D eigenvalue weighted by molar-refractivity contribution is -0.154. The molecule has 2 aliphatic rings. The van der Waals surface area contributed by atoms with Gasteiger partial charge in [0, 0.05) is 18.5 Å². The predicted molar refractivity (Wildman–Crippen MR) is 138 cm³/mol. The second-order valence-corrected chi connectivity index (χ2v) is 9.59. The summed E-state index contributed by atoms with van der Waals surface area (Å²) in [5.41, 5.74) is 6.74. The summed E-state index contributed by atoms with van der Waals surface area (Å²) in [5, 5.41) is 2.59. The monoisotopic (exact) mass is 534 g/mol. The highest BCUT2D eigenvalue weighted by atomic mass is 16.5. The lowest BCUT2D eigenvalue weighted by Crippen LogP contribution is -2.60. The fourth-order valence-corrected chi connectivity index (χ4v) is 5.10. The number of rotatable bonds is 9. The van der Waals surface area contributed by atoms with Gasteiger partial charge in [-0.1, -0.05) is 42.5 Å². The minimum absolute atomic E-state index is 0.122. The van der Waals surface area contributed by atoms with E-state index in [4.69, 9.17) is 5.73 Å². The van der Waals surface area contributed by atoms with Crippen LogP contribution < -0.4 is 11.1 Å². The highest BCUT2D eigenvalue weighted by Gasteiger charge is 2.46. The van der Waals surface area contributed by atoms with Crippen LogP contribution in [0.2, 0.25) is 0 Å². The number of nitrogens with zero attached hydrogens (tertiary/aromatic N) is 2. The first-order chi connectivity index (χ1) is 18.7. The highest BCUT2D eigenvalue weighted by Crippen LogP contribution is 2.29. The molecule has 3 unspecified atom stereocenters. The highest BCUT2D eigenvalue weighted by molar-refractivity contribution is 6.36. The summed E-state index contributed by atoms with van der Waals surface area (Å²) in [6, 6.07) is 12.6. The summed E-state index contributed by atoms with van der Waals surface area (Å²) in [5.74, 6) is -3.90. The number of ether oxygens (including phenoxy) is 1. The Bertz CT molecular complexity index is 1280. The van der Waals surface area contributed by atoms with Gasteiger partial charge >= 0.3 is 5.97 Å². The number of nitrogens with two attached hydrogens (primary N) is 1. The summed E-state index contributed by atoms with van der Waals surface area (Å²) in [7, 11) is 1.05. The Labute approximate surface area is 225 Å². The lowest BCUT2D eigenvalue weighted by atomic mass is 10.00. The molecule has 2 aliphatic heterocycles. The van der Waals surface area contributed by atoms with E-state index in [2.05, 4.69) is 10.1 Å². The summed E-state index contributed by atoms with van der Waals surface area (Å²) < 4.78 is 4.55. The number of amides is 4. The normalized spacial score (nSPS) is 19.2. The number of hydrogen-bond donors (Lipinski definition) is 2. The van der Waals surface area contributed by atoms with Crippen LogP contribution in [0.25, 0.3) is 0 Å². The number of primary amides is 1. The standard InChI is InChI=1S/C28H30N4O7/c1-39-28(38)25(35)24(18-8-10-19(11-9-18)26(29)36)30-27(37)21-13-12-20-15-31(16-23(34)32(20)21)22(33)14-7-17-5-3-2-4-6-17/h2-6,8-11,20-21,24H,7,12-16H2,1H3,(H2,29,36)(H,30,37). The number of Topliss-reactive ketones (excluding diaryl/α,β-unsaturated/α-hetero) is 1. The van der Waals surface area contributed by atoms with Crippen LogP contribution >= 0.6 is 0 Å². The second-order valence-electron chi connectivity index (χ2n) is 9.59. The molecule has 0 spiro atoms. The smallest absolute Gasteiger partial charge is 0.376 e. The van der Waals surface area contributed by atoms with Crippen molar-refractivity contribution < 1.29 is 33.5 Å². The van der Waals surface area contributed by atoms with E-state index in [-0.39, 0.29) is 41.9 Å². The topological polar surface area (TPSA) is 156 Å². The van der Waals surface area contributed by atoms with Crippen LogP contribution in [-0.2, 0) is 35.1 Å². The minimum Gasteiger partial charge on any atom is -0.463 e. The van der Waals surface area contributed by atoms with Crippen LogP contribution in [0.5, 0.6) is 0 Å². The Morgan fingerprint density at radius 3 is 2.36 bits per heavy atom. The maximum atomic E-state index is 13.3. The number of piperazine rings is 1. The lowest BCUT2D eigenvalue weighted by Gasteiger charge is -2.39. The van der Waals surface area contributed by atoms with Gasteiger partial charge in [-0.2, -0.15) is 0 Å². The molecule has 2 saturated heterocycles. The fraction of sp³-hybridized carbons (Fsp3) is 0.357. The predicted octanol–water partition coefficient (Wildman–Crippen LogP) is 0.520. The number of methoxy groups -OCH3 is 1. The van der Waals surface area contributed by atoms with Crippen LogP contribution in [0.1, 0.15) is 46.8 Å². The molecule has 2 fully saturated rings. The van der Waals surface area contributed by atoms with Crippen molar-refractivity contribution in [1.82, 2.24) is 15.1 Å². The van der Waals surface area contributed by atoms with E-state index in [0.29, 0.717) is 25.8 Å².